The quantitative estimate of drug-likeness (QED) is 0.0786. The first-order chi connectivity index (χ1) is 33.9. The van der Waals surface area contributed by atoms with Crippen molar-refractivity contribution in [3.05, 3.63) is 108 Å². The van der Waals surface area contributed by atoms with Gasteiger partial charge < -0.3 is 30.5 Å². The molecule has 17 nitrogen and oxygen atoms in total. The number of piperazine rings is 1. The van der Waals surface area contributed by atoms with Crippen LogP contribution in [-0.2, 0) is 30.5 Å². The number of piperidine rings is 3. The van der Waals surface area contributed by atoms with Crippen LogP contribution in [0.2, 0.25) is 0 Å². The number of ether oxygens (including phenoxy) is 1. The Morgan fingerprint density at radius 3 is 2.24 bits per heavy atom. The van der Waals surface area contributed by atoms with E-state index in [1.54, 1.807) is 36.5 Å². The third kappa shape index (κ3) is 9.15. The van der Waals surface area contributed by atoms with E-state index in [-0.39, 0.29) is 43.0 Å². The Morgan fingerprint density at radius 2 is 1.54 bits per heavy atom. The Labute approximate surface area is 403 Å². The maximum atomic E-state index is 13.3. The van der Waals surface area contributed by atoms with Crippen molar-refractivity contribution in [1.29, 1.82) is 0 Å². The zero-order chi connectivity index (χ0) is 48.1. The molecule has 2 bridgehead atoms. The van der Waals surface area contributed by atoms with Crippen LogP contribution in [0.4, 0.5) is 27.3 Å². The van der Waals surface area contributed by atoms with Crippen LogP contribution in [0.25, 0.3) is 10.9 Å². The van der Waals surface area contributed by atoms with E-state index in [9.17, 15) is 33.2 Å². The molecule has 6 fully saturated rings. The second-order valence-electron chi connectivity index (χ2n) is 19.5. The number of nitrogens with one attached hydrogen (secondary N) is 4. The van der Waals surface area contributed by atoms with Gasteiger partial charge in [-0.15, -0.1) is 0 Å². The number of pyridine rings is 2. The van der Waals surface area contributed by atoms with E-state index in [0.29, 0.717) is 83.6 Å². The van der Waals surface area contributed by atoms with Gasteiger partial charge in [-0.05, 0) is 129 Å². The number of imide groups is 1. The minimum absolute atomic E-state index is 0.136. The zero-order valence-corrected chi connectivity index (χ0v) is 38.5. The van der Waals surface area contributed by atoms with E-state index in [1.165, 1.54) is 41.8 Å². The van der Waals surface area contributed by atoms with Gasteiger partial charge in [0.25, 0.3) is 5.91 Å². The van der Waals surface area contributed by atoms with Crippen molar-refractivity contribution in [2.24, 2.45) is 11.3 Å². The molecule has 1 saturated carbocycles. The van der Waals surface area contributed by atoms with Gasteiger partial charge in [0.2, 0.25) is 29.5 Å². The highest BCUT2D eigenvalue weighted by atomic mass is 19.1. The molecule has 6 aliphatic heterocycles. The minimum atomic E-state index is -1.16. The normalized spacial score (nSPS) is 22.0. The molecule has 3 aromatic carbocycles. The molecule has 5 saturated heterocycles. The number of benzene rings is 3. The second-order valence-corrected chi connectivity index (χ2v) is 19.5. The number of hydrogen-bond donors (Lipinski definition) is 4. The lowest BCUT2D eigenvalue weighted by molar-refractivity contribution is -0.137. The minimum Gasteiger partial charge on any atom is -0.457 e. The fourth-order valence-electron chi connectivity index (χ4n) is 10.8. The molecule has 12 rings (SSSR count). The third-order valence-corrected chi connectivity index (χ3v) is 14.9. The van der Waals surface area contributed by atoms with E-state index >= 15 is 0 Å². The Kier molecular flexibility index (Phi) is 12.0. The van der Waals surface area contributed by atoms with Gasteiger partial charge in [0.05, 0.1) is 11.1 Å². The molecule has 5 aromatic rings. The lowest BCUT2D eigenvalue weighted by atomic mass is 9.84. The van der Waals surface area contributed by atoms with Gasteiger partial charge in [-0.25, -0.2) is 9.37 Å². The molecule has 0 spiro atoms. The molecule has 6 amide bonds. The Morgan fingerprint density at radius 1 is 0.829 bits per heavy atom. The first kappa shape index (κ1) is 45.2. The molecule has 70 heavy (non-hydrogen) atoms. The van der Waals surface area contributed by atoms with Crippen LogP contribution in [-0.4, -0.2) is 118 Å². The molecule has 8 heterocycles. The molecule has 3 atom stereocenters. The van der Waals surface area contributed by atoms with Crippen molar-refractivity contribution in [3.63, 3.8) is 0 Å². The number of anilines is 4. The van der Waals surface area contributed by atoms with Crippen molar-refractivity contribution in [2.75, 3.05) is 60.1 Å². The molecule has 2 aromatic heterocycles. The van der Waals surface area contributed by atoms with Gasteiger partial charge in [-0.1, -0.05) is 0 Å². The molecular weight excluding hydrogens is 896 g/mol. The van der Waals surface area contributed by atoms with Crippen molar-refractivity contribution < 1.29 is 37.9 Å². The van der Waals surface area contributed by atoms with Crippen molar-refractivity contribution in [1.82, 2.24) is 30.0 Å². The van der Waals surface area contributed by atoms with Crippen LogP contribution in [0.3, 0.4) is 0 Å². The molecule has 360 valence electrons. The van der Waals surface area contributed by atoms with E-state index < -0.39 is 29.1 Å². The molecular formula is C52H53FN10O7. The summed E-state index contributed by atoms with van der Waals surface area (Å²) in [6.45, 7) is 5.80. The highest BCUT2D eigenvalue weighted by Gasteiger charge is 2.56. The van der Waals surface area contributed by atoms with Gasteiger partial charge in [0.15, 0.2) is 0 Å². The van der Waals surface area contributed by atoms with Crippen molar-refractivity contribution in [2.45, 2.75) is 76.0 Å². The summed E-state index contributed by atoms with van der Waals surface area (Å²) in [4.78, 5) is 94.2. The van der Waals surface area contributed by atoms with Gasteiger partial charge in [0.1, 0.15) is 34.6 Å². The van der Waals surface area contributed by atoms with Crippen LogP contribution in [0.5, 0.6) is 11.5 Å². The molecule has 1 aliphatic carbocycles. The van der Waals surface area contributed by atoms with Crippen molar-refractivity contribution in [3.8, 4) is 11.5 Å². The Hall–Kier alpha value is -7.31. The number of rotatable bonds is 14. The summed E-state index contributed by atoms with van der Waals surface area (Å²) in [6.07, 6.45) is 8.27. The summed E-state index contributed by atoms with van der Waals surface area (Å²) < 4.78 is 19.6. The van der Waals surface area contributed by atoms with E-state index in [1.807, 2.05) is 6.07 Å². The SMILES string of the molecule is O=C1CCC(N2Cc3cc(NC(=O)CCN4CC5CC(C4)N5CC4CCN(c5ccc6c(Oc7ccc(NC(=O)C8(C(=O)Nc9ccc(F)cc9)CC8)cc7)ccnc6c5)CC4)ncc3C2=O)C(=O)N1. The summed E-state index contributed by atoms with van der Waals surface area (Å²) in [6, 6.07) is 22.6. The van der Waals surface area contributed by atoms with E-state index in [0.717, 1.165) is 62.2 Å². The molecule has 0 radical (unpaired) electrons. The fraction of sp³-hybridized carbons (Fsp3) is 0.385. The summed E-state index contributed by atoms with van der Waals surface area (Å²) >= 11 is 0. The third-order valence-electron chi connectivity index (χ3n) is 14.9. The number of carbonyl (C=O) groups excluding carboxylic acids is 6. The van der Waals surface area contributed by atoms with E-state index in [2.05, 4.69) is 64.1 Å². The number of aromatic nitrogens is 2. The first-order valence-electron chi connectivity index (χ1n) is 24.2. The highest BCUT2D eigenvalue weighted by Crippen LogP contribution is 2.48. The van der Waals surface area contributed by atoms with Crippen LogP contribution < -0.4 is 30.9 Å². The van der Waals surface area contributed by atoms with Crippen LogP contribution in [0.15, 0.2) is 91.3 Å². The smallest absolute Gasteiger partial charge is 0.256 e. The van der Waals surface area contributed by atoms with Crippen LogP contribution in [0, 0.1) is 17.2 Å². The molecule has 4 N–H and O–H groups in total. The number of fused-ring (bicyclic) bond motifs is 4. The summed E-state index contributed by atoms with van der Waals surface area (Å²) in [5.41, 5.74) is 2.88. The fourth-order valence-corrected chi connectivity index (χ4v) is 10.8. The Bertz CT molecular complexity index is 2890. The van der Waals surface area contributed by atoms with E-state index in [4.69, 9.17) is 4.74 Å². The number of halogens is 1. The summed E-state index contributed by atoms with van der Waals surface area (Å²) in [5.74, 6) is -0.188. The van der Waals surface area contributed by atoms with Gasteiger partial charge in [0, 0.05) is 106 Å². The summed E-state index contributed by atoms with van der Waals surface area (Å²) in [7, 11) is 0. The number of amides is 6. The number of nitrogens with zero attached hydrogens (tertiary/aromatic N) is 6. The van der Waals surface area contributed by atoms with Gasteiger partial charge in [-0.2, -0.15) is 0 Å². The number of hydrogen-bond acceptors (Lipinski definition) is 12. The molecule has 7 aliphatic rings. The zero-order valence-electron chi connectivity index (χ0n) is 38.5. The lowest BCUT2D eigenvalue weighted by Crippen LogP contribution is -2.69. The van der Waals surface area contributed by atoms with Crippen LogP contribution >= 0.6 is 0 Å². The average molecular weight is 949 g/mol. The largest absolute Gasteiger partial charge is 0.457 e. The average Bonchev–Trinajstić information content (AvgIpc) is 4.13. The molecule has 18 heteroatoms. The van der Waals surface area contributed by atoms with Gasteiger partial charge >= 0.3 is 0 Å². The van der Waals surface area contributed by atoms with Gasteiger partial charge in [-0.3, -0.25) is 48.9 Å². The van der Waals surface area contributed by atoms with Crippen LogP contribution in [0.1, 0.15) is 67.3 Å². The standard InChI is InChI=1S/C52H53FN10O7/c53-33-1-3-34(4-2-33)56-50(68)52(17-18-52)51(69)57-35-5-8-39(9-6-35)70-44-13-19-54-42-25-36(7-10-40(42)44)61-21-14-31(15-22-61)27-62-37-24-38(62)30-60(29-37)20-16-47(65)58-45-23-32-28-63(49(67)41(32)26-55-45)43-11-12-46(64)59-48(43)66/h1-10,13,19,23,25-26,31,37-38,43H,11-12,14-18,20-22,24,27-30H2,(H,56,68)(H,57,69)(H,55,58,65)(H,59,64,66). The lowest BCUT2D eigenvalue weighted by Gasteiger charge is -2.57. The monoisotopic (exact) mass is 948 g/mol. The summed E-state index contributed by atoms with van der Waals surface area (Å²) in [5, 5.41) is 11.7. The first-order valence-corrected chi connectivity index (χ1v) is 24.2. The van der Waals surface area contributed by atoms with Crippen molar-refractivity contribution >= 4 is 69.2 Å². The predicted molar refractivity (Wildman–Crippen MR) is 257 cm³/mol. The second kappa shape index (κ2) is 18.5. The maximum absolute atomic E-state index is 13.3. The number of carbonyl (C=O) groups is 6. The Balaban J connectivity index is 0.614. The predicted octanol–water partition coefficient (Wildman–Crippen LogP) is 5.68. The highest BCUT2D eigenvalue weighted by molar-refractivity contribution is 6.17. The molecule has 3 unspecified atom stereocenters. The topological polar surface area (TPSA) is 199 Å². The maximum Gasteiger partial charge on any atom is 0.256 e.